The second kappa shape index (κ2) is 8.87. The molecule has 0 saturated heterocycles. The molecule has 0 spiro atoms. The van der Waals surface area contributed by atoms with Gasteiger partial charge in [0.2, 0.25) is 0 Å². The lowest BCUT2D eigenvalue weighted by Crippen LogP contribution is -2.23. The molecule has 4 nitrogen and oxygen atoms in total. The number of nitrogens with zero attached hydrogens (tertiary/aromatic N) is 2. The van der Waals surface area contributed by atoms with Crippen LogP contribution in [-0.4, -0.2) is 16.0 Å². The van der Waals surface area contributed by atoms with Crippen molar-refractivity contribution in [1.29, 1.82) is 0 Å². The molecule has 3 aromatic rings. The molecule has 0 atom stereocenters. The third-order valence-electron chi connectivity index (χ3n) is 5.05. The maximum Gasteiger partial charge on any atom is 0.124 e. The Morgan fingerprint density at radius 3 is 2.63 bits per heavy atom. The maximum atomic E-state index is 6.33. The molecule has 1 saturated carbocycles. The van der Waals surface area contributed by atoms with Crippen molar-refractivity contribution in [3.63, 3.8) is 0 Å². The lowest BCUT2D eigenvalue weighted by atomic mass is 10.1. The normalized spacial score (nSPS) is 14.7. The van der Waals surface area contributed by atoms with Crippen LogP contribution in [0.3, 0.4) is 0 Å². The first-order valence-corrected chi connectivity index (χ1v) is 9.75. The van der Waals surface area contributed by atoms with Crippen LogP contribution in [0.25, 0.3) is 0 Å². The van der Waals surface area contributed by atoms with Gasteiger partial charge in [-0.15, -0.1) is 0 Å². The van der Waals surface area contributed by atoms with E-state index in [2.05, 4.69) is 40.2 Å². The first kappa shape index (κ1) is 17.8. The first-order valence-electron chi connectivity index (χ1n) is 9.75. The third kappa shape index (κ3) is 4.98. The summed E-state index contributed by atoms with van der Waals surface area (Å²) in [6.45, 7) is 2.37. The van der Waals surface area contributed by atoms with Gasteiger partial charge < -0.3 is 9.15 Å². The predicted octanol–water partition coefficient (Wildman–Crippen LogP) is 5.20. The van der Waals surface area contributed by atoms with Gasteiger partial charge in [0, 0.05) is 31.0 Å². The minimum atomic E-state index is 0.364. The van der Waals surface area contributed by atoms with Crippen molar-refractivity contribution < 1.29 is 9.15 Å². The molecule has 0 bridgehead atoms. The summed E-state index contributed by atoms with van der Waals surface area (Å²) in [5.41, 5.74) is 2.41. The van der Waals surface area contributed by atoms with Crippen LogP contribution in [0.2, 0.25) is 0 Å². The highest BCUT2D eigenvalue weighted by Gasteiger charge is 2.19. The Kier molecular flexibility index (Phi) is 5.85. The van der Waals surface area contributed by atoms with Crippen molar-refractivity contribution in [2.24, 2.45) is 0 Å². The molecule has 2 aromatic heterocycles. The highest BCUT2D eigenvalue weighted by molar-refractivity contribution is 5.33. The fourth-order valence-electron chi connectivity index (χ4n) is 3.72. The molecule has 1 aromatic carbocycles. The fourth-order valence-corrected chi connectivity index (χ4v) is 3.72. The Bertz CT molecular complexity index is 811. The van der Waals surface area contributed by atoms with Crippen LogP contribution >= 0.6 is 0 Å². The average Bonchev–Trinajstić information content (AvgIpc) is 3.38. The molecule has 4 heteroatoms. The highest BCUT2D eigenvalue weighted by Crippen LogP contribution is 2.28. The number of pyridine rings is 1. The third-order valence-corrected chi connectivity index (χ3v) is 5.05. The van der Waals surface area contributed by atoms with Crippen LogP contribution in [0, 0.1) is 0 Å². The zero-order valence-corrected chi connectivity index (χ0v) is 15.6. The van der Waals surface area contributed by atoms with Crippen molar-refractivity contribution in [1.82, 2.24) is 9.88 Å². The SMILES string of the molecule is c1cncc(CN(Cc2ccco2)Cc2ccccc2OC2CCCC2)c1. The second-order valence-corrected chi connectivity index (χ2v) is 7.22. The zero-order valence-electron chi connectivity index (χ0n) is 15.6. The molecule has 1 aliphatic carbocycles. The van der Waals surface area contributed by atoms with Gasteiger partial charge in [0.15, 0.2) is 0 Å². The summed E-state index contributed by atoms with van der Waals surface area (Å²) in [5.74, 6) is 1.98. The van der Waals surface area contributed by atoms with E-state index in [1.165, 1.54) is 36.8 Å². The second-order valence-electron chi connectivity index (χ2n) is 7.22. The van der Waals surface area contributed by atoms with E-state index in [9.17, 15) is 0 Å². The van der Waals surface area contributed by atoms with Crippen molar-refractivity contribution >= 4 is 0 Å². The number of para-hydroxylation sites is 1. The zero-order chi connectivity index (χ0) is 18.3. The molecule has 27 heavy (non-hydrogen) atoms. The van der Waals surface area contributed by atoms with Crippen LogP contribution in [0.15, 0.2) is 71.6 Å². The lowest BCUT2D eigenvalue weighted by molar-refractivity contribution is 0.194. The van der Waals surface area contributed by atoms with E-state index in [-0.39, 0.29) is 0 Å². The molecular formula is C23H26N2O2. The Morgan fingerprint density at radius 1 is 0.963 bits per heavy atom. The van der Waals surface area contributed by atoms with E-state index in [1.54, 1.807) is 6.26 Å². The van der Waals surface area contributed by atoms with Gasteiger partial charge in [0.25, 0.3) is 0 Å². The molecule has 1 aliphatic rings. The molecule has 4 rings (SSSR count). The van der Waals surface area contributed by atoms with E-state index in [4.69, 9.17) is 9.15 Å². The summed E-state index contributed by atoms with van der Waals surface area (Å²) in [6, 6.07) is 16.5. The monoisotopic (exact) mass is 362 g/mol. The van der Waals surface area contributed by atoms with E-state index >= 15 is 0 Å². The average molecular weight is 362 g/mol. The van der Waals surface area contributed by atoms with Gasteiger partial charge in [0.1, 0.15) is 11.5 Å². The summed E-state index contributed by atoms with van der Waals surface area (Å²) in [4.78, 5) is 6.62. The Balaban J connectivity index is 1.51. The van der Waals surface area contributed by atoms with E-state index in [0.717, 1.165) is 31.1 Å². The van der Waals surface area contributed by atoms with Crippen LogP contribution in [-0.2, 0) is 19.6 Å². The largest absolute Gasteiger partial charge is 0.490 e. The van der Waals surface area contributed by atoms with Crippen molar-refractivity contribution in [3.8, 4) is 5.75 Å². The summed E-state index contributed by atoms with van der Waals surface area (Å²) < 4.78 is 11.9. The Morgan fingerprint density at radius 2 is 1.85 bits per heavy atom. The fraction of sp³-hybridized carbons (Fsp3) is 0.348. The topological polar surface area (TPSA) is 38.5 Å². The number of hydrogen-bond donors (Lipinski definition) is 0. The van der Waals surface area contributed by atoms with Gasteiger partial charge in [-0.1, -0.05) is 24.3 Å². The molecule has 0 unspecified atom stereocenters. The minimum Gasteiger partial charge on any atom is -0.490 e. The molecular weight excluding hydrogens is 336 g/mol. The Labute approximate surface area is 160 Å². The lowest BCUT2D eigenvalue weighted by Gasteiger charge is -2.24. The number of hydrogen-bond acceptors (Lipinski definition) is 4. The van der Waals surface area contributed by atoms with E-state index in [0.29, 0.717) is 6.10 Å². The van der Waals surface area contributed by atoms with E-state index in [1.807, 2.05) is 30.6 Å². The predicted molar refractivity (Wildman–Crippen MR) is 105 cm³/mol. The molecule has 0 radical (unpaired) electrons. The molecule has 1 fully saturated rings. The van der Waals surface area contributed by atoms with Crippen molar-refractivity contribution in [2.45, 2.75) is 51.4 Å². The van der Waals surface area contributed by atoms with E-state index < -0.39 is 0 Å². The van der Waals surface area contributed by atoms with Gasteiger partial charge in [-0.3, -0.25) is 9.88 Å². The molecule has 0 N–H and O–H groups in total. The molecule has 2 heterocycles. The molecule has 140 valence electrons. The van der Waals surface area contributed by atoms with Gasteiger partial charge in [0.05, 0.1) is 18.9 Å². The smallest absolute Gasteiger partial charge is 0.124 e. The summed E-state index contributed by atoms with van der Waals surface area (Å²) >= 11 is 0. The van der Waals surface area contributed by atoms with Crippen molar-refractivity contribution in [2.75, 3.05) is 0 Å². The van der Waals surface area contributed by atoms with Gasteiger partial charge >= 0.3 is 0 Å². The van der Waals surface area contributed by atoms with Gasteiger partial charge in [-0.25, -0.2) is 0 Å². The maximum absolute atomic E-state index is 6.33. The van der Waals surface area contributed by atoms with Crippen LogP contribution in [0.1, 0.15) is 42.6 Å². The Hall–Kier alpha value is -2.59. The molecule has 0 aliphatic heterocycles. The number of rotatable bonds is 8. The number of furan rings is 1. The van der Waals surface area contributed by atoms with Crippen LogP contribution < -0.4 is 4.74 Å². The number of benzene rings is 1. The summed E-state index contributed by atoms with van der Waals surface area (Å²) in [5, 5.41) is 0. The first-order chi connectivity index (χ1) is 13.4. The number of ether oxygens (including phenoxy) is 1. The summed E-state index contributed by atoms with van der Waals surface area (Å²) in [6.07, 6.45) is 10.7. The highest BCUT2D eigenvalue weighted by atomic mass is 16.5. The van der Waals surface area contributed by atoms with Crippen LogP contribution in [0.5, 0.6) is 5.75 Å². The quantitative estimate of drug-likeness (QED) is 0.552. The summed E-state index contributed by atoms with van der Waals surface area (Å²) in [7, 11) is 0. The van der Waals surface area contributed by atoms with Crippen molar-refractivity contribution in [3.05, 3.63) is 84.1 Å². The minimum absolute atomic E-state index is 0.364. The standard InChI is InChI=1S/C23H26N2O2/c1-4-12-23(27-21-9-2-3-10-21)20(8-1)17-25(18-22-11-6-14-26-22)16-19-7-5-13-24-15-19/h1,4-8,11-15,21H,2-3,9-10,16-18H2. The van der Waals surface area contributed by atoms with Gasteiger partial charge in [-0.05, 0) is 55.5 Å². The van der Waals surface area contributed by atoms with Crippen LogP contribution in [0.4, 0.5) is 0 Å². The van der Waals surface area contributed by atoms with Gasteiger partial charge in [-0.2, -0.15) is 0 Å². The molecule has 0 amide bonds. The number of aromatic nitrogens is 1.